The molecule has 0 spiro atoms. The Hall–Kier alpha value is -1.88. The van der Waals surface area contributed by atoms with Crippen LogP contribution >= 0.6 is 11.6 Å². The maximum Gasteiger partial charge on any atom is 0.375 e. The second-order valence-corrected chi connectivity index (χ2v) is 5.15. The number of carboxylic acids is 1. The maximum atomic E-state index is 11.0. The average molecular weight is 278 g/mol. The fourth-order valence-electron chi connectivity index (χ4n) is 2.05. The number of aromatic carboxylic acids is 1. The number of benzene rings is 1. The Morgan fingerprint density at radius 3 is 2.79 bits per heavy atom. The molecule has 0 aliphatic heterocycles. The van der Waals surface area contributed by atoms with Crippen LogP contribution in [0.5, 0.6) is 0 Å². The van der Waals surface area contributed by atoms with Gasteiger partial charge in [-0.25, -0.2) is 14.5 Å². The smallest absolute Gasteiger partial charge is 0.375 e. The van der Waals surface area contributed by atoms with Crippen molar-refractivity contribution in [2.75, 3.05) is 0 Å². The Balaban J connectivity index is 2.15. The minimum atomic E-state index is -1.10. The van der Waals surface area contributed by atoms with E-state index < -0.39 is 5.97 Å². The number of halogens is 1. The van der Waals surface area contributed by atoms with Crippen LogP contribution in [0.4, 0.5) is 0 Å². The lowest BCUT2D eigenvalue weighted by Gasteiger charge is -2.08. The van der Waals surface area contributed by atoms with Crippen molar-refractivity contribution in [2.45, 2.75) is 25.7 Å². The molecular formula is C13H12ClN3O2. The molecule has 1 N–H and O–H groups in total. The Kier molecular flexibility index (Phi) is 2.78. The summed E-state index contributed by atoms with van der Waals surface area (Å²) in [5.74, 6) is -0.220. The van der Waals surface area contributed by atoms with Crippen molar-refractivity contribution >= 4 is 17.6 Å². The predicted molar refractivity (Wildman–Crippen MR) is 70.0 cm³/mol. The SMILES string of the molecule is Cc1cc(Cl)ccc1-n1nc(C(=O)O)nc1C1CC1. The van der Waals surface area contributed by atoms with Gasteiger partial charge in [0.15, 0.2) is 0 Å². The van der Waals surface area contributed by atoms with Gasteiger partial charge in [-0.15, -0.1) is 5.10 Å². The van der Waals surface area contributed by atoms with Gasteiger partial charge in [-0.3, -0.25) is 0 Å². The molecule has 0 saturated heterocycles. The zero-order valence-electron chi connectivity index (χ0n) is 10.3. The first-order valence-corrected chi connectivity index (χ1v) is 6.41. The number of carboxylic acid groups (broad SMARTS) is 1. The molecule has 5 nitrogen and oxygen atoms in total. The van der Waals surface area contributed by atoms with Crippen molar-refractivity contribution in [3.63, 3.8) is 0 Å². The minimum Gasteiger partial charge on any atom is -0.475 e. The quantitative estimate of drug-likeness (QED) is 0.937. The van der Waals surface area contributed by atoms with E-state index in [1.165, 1.54) is 0 Å². The highest BCUT2D eigenvalue weighted by Crippen LogP contribution is 2.40. The molecule has 1 heterocycles. The molecule has 0 amide bonds. The number of hydrogen-bond donors (Lipinski definition) is 1. The third-order valence-electron chi connectivity index (χ3n) is 3.15. The van der Waals surface area contributed by atoms with Gasteiger partial charge in [0.2, 0.25) is 0 Å². The van der Waals surface area contributed by atoms with E-state index in [4.69, 9.17) is 16.7 Å². The van der Waals surface area contributed by atoms with E-state index in [1.54, 1.807) is 10.7 Å². The summed E-state index contributed by atoms with van der Waals surface area (Å²) in [5, 5.41) is 13.8. The summed E-state index contributed by atoms with van der Waals surface area (Å²) in [5.41, 5.74) is 1.77. The molecule has 2 aromatic rings. The summed E-state index contributed by atoms with van der Waals surface area (Å²) in [6, 6.07) is 5.43. The summed E-state index contributed by atoms with van der Waals surface area (Å²) < 4.78 is 1.63. The van der Waals surface area contributed by atoms with Crippen LogP contribution in [0.15, 0.2) is 18.2 Å². The third-order valence-corrected chi connectivity index (χ3v) is 3.39. The molecule has 1 aromatic carbocycles. The van der Waals surface area contributed by atoms with Crippen molar-refractivity contribution in [3.05, 3.63) is 40.4 Å². The molecule has 1 aromatic heterocycles. The molecule has 1 saturated carbocycles. The Morgan fingerprint density at radius 1 is 1.47 bits per heavy atom. The number of nitrogens with zero attached hydrogens (tertiary/aromatic N) is 3. The summed E-state index contributed by atoms with van der Waals surface area (Å²) in [4.78, 5) is 15.2. The van der Waals surface area contributed by atoms with Gasteiger partial charge in [0.05, 0.1) is 5.69 Å². The molecule has 0 radical (unpaired) electrons. The van der Waals surface area contributed by atoms with Gasteiger partial charge in [0.1, 0.15) is 5.82 Å². The zero-order chi connectivity index (χ0) is 13.6. The van der Waals surface area contributed by atoms with Crippen molar-refractivity contribution in [3.8, 4) is 5.69 Å². The normalized spacial score (nSPS) is 14.6. The van der Waals surface area contributed by atoms with Crippen LogP contribution in [0.1, 0.15) is 40.8 Å². The van der Waals surface area contributed by atoms with Crippen molar-refractivity contribution in [2.24, 2.45) is 0 Å². The lowest BCUT2D eigenvalue weighted by molar-refractivity contribution is 0.0683. The monoisotopic (exact) mass is 277 g/mol. The van der Waals surface area contributed by atoms with E-state index in [0.717, 1.165) is 29.9 Å². The van der Waals surface area contributed by atoms with Gasteiger partial charge in [-0.1, -0.05) is 11.6 Å². The Bertz CT molecular complexity index is 662. The molecule has 0 bridgehead atoms. The first-order chi connectivity index (χ1) is 9.06. The Labute approximate surface area is 114 Å². The van der Waals surface area contributed by atoms with Crippen molar-refractivity contribution in [1.82, 2.24) is 14.8 Å². The van der Waals surface area contributed by atoms with E-state index in [2.05, 4.69) is 10.1 Å². The third kappa shape index (κ3) is 2.21. The molecule has 98 valence electrons. The van der Waals surface area contributed by atoms with E-state index in [-0.39, 0.29) is 5.82 Å². The fraction of sp³-hybridized carbons (Fsp3) is 0.308. The van der Waals surface area contributed by atoms with Crippen molar-refractivity contribution in [1.29, 1.82) is 0 Å². The Morgan fingerprint density at radius 2 is 2.21 bits per heavy atom. The van der Waals surface area contributed by atoms with E-state index in [0.29, 0.717) is 10.9 Å². The number of aryl methyl sites for hydroxylation is 1. The van der Waals surface area contributed by atoms with Gasteiger partial charge < -0.3 is 5.11 Å². The first kappa shape index (κ1) is 12.2. The molecule has 3 rings (SSSR count). The predicted octanol–water partition coefficient (Wildman–Crippen LogP) is 2.80. The van der Waals surface area contributed by atoms with Gasteiger partial charge in [0.25, 0.3) is 5.82 Å². The van der Waals surface area contributed by atoms with Crippen LogP contribution in [0.25, 0.3) is 5.69 Å². The molecule has 19 heavy (non-hydrogen) atoms. The molecule has 0 atom stereocenters. The summed E-state index contributed by atoms with van der Waals surface area (Å²) in [7, 11) is 0. The highest BCUT2D eigenvalue weighted by molar-refractivity contribution is 6.30. The van der Waals surface area contributed by atoms with Gasteiger partial charge in [0, 0.05) is 10.9 Å². The molecule has 1 fully saturated rings. The summed E-state index contributed by atoms with van der Waals surface area (Å²) in [6.07, 6.45) is 2.06. The van der Waals surface area contributed by atoms with Crippen LogP contribution < -0.4 is 0 Å². The van der Waals surface area contributed by atoms with Gasteiger partial charge >= 0.3 is 5.97 Å². The van der Waals surface area contributed by atoms with Crippen molar-refractivity contribution < 1.29 is 9.90 Å². The van der Waals surface area contributed by atoms with Crippen LogP contribution in [-0.2, 0) is 0 Å². The van der Waals surface area contributed by atoms with Gasteiger partial charge in [-0.2, -0.15) is 0 Å². The first-order valence-electron chi connectivity index (χ1n) is 6.03. The molecular weight excluding hydrogens is 266 g/mol. The van der Waals surface area contributed by atoms with E-state index in [1.807, 2.05) is 19.1 Å². The standard InChI is InChI=1S/C13H12ClN3O2/c1-7-6-9(14)4-5-10(7)17-12(8-2-3-8)15-11(16-17)13(18)19/h4-6,8H,2-3H2,1H3,(H,18,19). The number of carbonyl (C=O) groups is 1. The minimum absolute atomic E-state index is 0.156. The van der Waals surface area contributed by atoms with Crippen LogP contribution in [-0.4, -0.2) is 25.8 Å². The second kappa shape index (κ2) is 4.35. The summed E-state index contributed by atoms with van der Waals surface area (Å²) in [6.45, 7) is 1.92. The molecule has 0 unspecified atom stereocenters. The highest BCUT2D eigenvalue weighted by atomic mass is 35.5. The number of hydrogen-bond acceptors (Lipinski definition) is 3. The lowest BCUT2D eigenvalue weighted by atomic mass is 10.2. The highest BCUT2D eigenvalue weighted by Gasteiger charge is 2.31. The lowest BCUT2D eigenvalue weighted by Crippen LogP contribution is -2.05. The molecule has 6 heteroatoms. The largest absolute Gasteiger partial charge is 0.475 e. The van der Waals surface area contributed by atoms with E-state index in [9.17, 15) is 4.79 Å². The molecule has 1 aliphatic rings. The van der Waals surface area contributed by atoms with Crippen LogP contribution in [0.3, 0.4) is 0 Å². The topological polar surface area (TPSA) is 68.0 Å². The number of aromatic nitrogens is 3. The van der Waals surface area contributed by atoms with Crippen LogP contribution in [0, 0.1) is 6.92 Å². The van der Waals surface area contributed by atoms with Gasteiger partial charge in [-0.05, 0) is 43.5 Å². The second-order valence-electron chi connectivity index (χ2n) is 4.72. The number of rotatable bonds is 3. The zero-order valence-corrected chi connectivity index (χ0v) is 11.1. The average Bonchev–Trinajstić information content (AvgIpc) is 3.09. The van der Waals surface area contributed by atoms with E-state index >= 15 is 0 Å². The fourth-order valence-corrected chi connectivity index (χ4v) is 2.28. The summed E-state index contributed by atoms with van der Waals surface area (Å²) >= 11 is 5.94. The molecule has 1 aliphatic carbocycles. The van der Waals surface area contributed by atoms with Crippen LogP contribution in [0.2, 0.25) is 5.02 Å². The maximum absolute atomic E-state index is 11.0.